The van der Waals surface area contributed by atoms with E-state index in [0.717, 1.165) is 36.6 Å². The van der Waals surface area contributed by atoms with Gasteiger partial charge < -0.3 is 10.2 Å². The summed E-state index contributed by atoms with van der Waals surface area (Å²) in [7, 11) is 0. The van der Waals surface area contributed by atoms with Gasteiger partial charge in [-0.05, 0) is 58.2 Å². The van der Waals surface area contributed by atoms with E-state index in [9.17, 15) is 4.79 Å². The van der Waals surface area contributed by atoms with Crippen molar-refractivity contribution in [3.63, 3.8) is 0 Å². The predicted octanol–water partition coefficient (Wildman–Crippen LogP) is 3.74. The molecular formula is C18H25N3OS. The number of piperidine rings is 1. The highest BCUT2D eigenvalue weighted by Gasteiger charge is 2.28. The fourth-order valence-corrected chi connectivity index (χ4v) is 4.07. The van der Waals surface area contributed by atoms with Crippen LogP contribution in [0.25, 0.3) is 10.2 Å². The Bertz CT molecular complexity index is 709. The monoisotopic (exact) mass is 331 g/mol. The summed E-state index contributed by atoms with van der Waals surface area (Å²) in [5.41, 5.74) is 2.19. The summed E-state index contributed by atoms with van der Waals surface area (Å²) in [6.45, 7) is 10.0. The van der Waals surface area contributed by atoms with Crippen LogP contribution in [-0.2, 0) is 4.79 Å². The van der Waals surface area contributed by atoms with Crippen molar-refractivity contribution < 1.29 is 4.79 Å². The molecular weight excluding hydrogens is 306 g/mol. The van der Waals surface area contributed by atoms with E-state index in [0.29, 0.717) is 0 Å². The second-order valence-electron chi connectivity index (χ2n) is 7.47. The molecule has 2 heterocycles. The van der Waals surface area contributed by atoms with Crippen LogP contribution in [0.1, 0.15) is 39.2 Å². The van der Waals surface area contributed by atoms with Crippen molar-refractivity contribution in [2.45, 2.75) is 46.1 Å². The van der Waals surface area contributed by atoms with Crippen molar-refractivity contribution >= 4 is 32.6 Å². The van der Waals surface area contributed by atoms with Crippen LogP contribution in [0.2, 0.25) is 0 Å². The standard InChI is InChI=1S/C18H25N3OS/c1-12-5-6-14-15(11-12)23-17(19-14)21-9-7-13(8-10-21)16(22)20-18(2,3)4/h5-6,11,13H,7-10H2,1-4H3,(H,20,22). The molecule has 1 aromatic carbocycles. The molecule has 4 nitrogen and oxygen atoms in total. The Morgan fingerprint density at radius 2 is 2.00 bits per heavy atom. The highest BCUT2D eigenvalue weighted by molar-refractivity contribution is 7.22. The van der Waals surface area contributed by atoms with E-state index < -0.39 is 0 Å². The maximum Gasteiger partial charge on any atom is 0.223 e. The Labute approximate surface area is 141 Å². The zero-order valence-electron chi connectivity index (χ0n) is 14.3. The van der Waals surface area contributed by atoms with Crippen LogP contribution >= 0.6 is 11.3 Å². The molecule has 1 aromatic heterocycles. The van der Waals surface area contributed by atoms with Gasteiger partial charge in [-0.3, -0.25) is 4.79 Å². The van der Waals surface area contributed by atoms with E-state index in [1.54, 1.807) is 11.3 Å². The Morgan fingerprint density at radius 3 is 2.65 bits per heavy atom. The van der Waals surface area contributed by atoms with Gasteiger partial charge in [0.05, 0.1) is 10.2 Å². The normalized spacial score (nSPS) is 16.8. The highest BCUT2D eigenvalue weighted by Crippen LogP contribution is 2.32. The van der Waals surface area contributed by atoms with Crippen LogP contribution in [0.3, 0.4) is 0 Å². The SMILES string of the molecule is Cc1ccc2nc(N3CCC(C(=O)NC(C)(C)C)CC3)sc2c1. The number of rotatable bonds is 2. The third-order valence-corrected chi connectivity index (χ3v) is 5.25. The second kappa shape index (κ2) is 6.11. The number of hydrogen-bond donors (Lipinski definition) is 1. The zero-order chi connectivity index (χ0) is 16.6. The molecule has 0 aliphatic carbocycles. The molecule has 0 spiro atoms. The number of benzene rings is 1. The van der Waals surface area contributed by atoms with Gasteiger partial charge in [-0.15, -0.1) is 0 Å². The van der Waals surface area contributed by atoms with Crippen molar-refractivity contribution in [1.29, 1.82) is 0 Å². The van der Waals surface area contributed by atoms with Crippen molar-refractivity contribution in [2.75, 3.05) is 18.0 Å². The van der Waals surface area contributed by atoms with Gasteiger partial charge in [0.15, 0.2) is 5.13 Å². The van der Waals surface area contributed by atoms with Crippen LogP contribution < -0.4 is 10.2 Å². The number of carbonyl (C=O) groups excluding carboxylic acids is 1. The van der Waals surface area contributed by atoms with Crippen molar-refractivity contribution in [3.05, 3.63) is 23.8 Å². The fourth-order valence-electron chi connectivity index (χ4n) is 2.96. The average molecular weight is 331 g/mol. The summed E-state index contributed by atoms with van der Waals surface area (Å²) in [6.07, 6.45) is 1.80. The topological polar surface area (TPSA) is 45.2 Å². The number of aromatic nitrogens is 1. The van der Waals surface area contributed by atoms with Gasteiger partial charge in [-0.1, -0.05) is 17.4 Å². The molecule has 0 radical (unpaired) electrons. The van der Waals surface area contributed by atoms with Gasteiger partial charge in [0.25, 0.3) is 0 Å². The van der Waals surface area contributed by atoms with Gasteiger partial charge in [-0.25, -0.2) is 4.98 Å². The first kappa shape index (κ1) is 16.2. The van der Waals surface area contributed by atoms with Crippen molar-refractivity contribution in [3.8, 4) is 0 Å². The summed E-state index contributed by atoms with van der Waals surface area (Å²) in [4.78, 5) is 19.4. The van der Waals surface area contributed by atoms with Crippen LogP contribution in [0.4, 0.5) is 5.13 Å². The summed E-state index contributed by atoms with van der Waals surface area (Å²) in [5.74, 6) is 0.319. The van der Waals surface area contributed by atoms with Gasteiger partial charge in [-0.2, -0.15) is 0 Å². The molecule has 23 heavy (non-hydrogen) atoms. The lowest BCUT2D eigenvalue weighted by atomic mass is 9.95. The number of nitrogens with one attached hydrogen (secondary N) is 1. The van der Waals surface area contributed by atoms with Gasteiger partial charge in [0.2, 0.25) is 5.91 Å². The third kappa shape index (κ3) is 3.83. The molecule has 1 fully saturated rings. The van der Waals surface area contributed by atoms with Gasteiger partial charge in [0, 0.05) is 24.5 Å². The first-order chi connectivity index (χ1) is 10.8. The second-order valence-corrected chi connectivity index (χ2v) is 8.48. The number of aryl methyl sites for hydroxylation is 1. The molecule has 0 unspecified atom stereocenters. The number of amides is 1. The molecule has 1 saturated heterocycles. The van der Waals surface area contributed by atoms with Gasteiger partial charge in [0.1, 0.15) is 0 Å². The summed E-state index contributed by atoms with van der Waals surface area (Å²) < 4.78 is 1.24. The number of fused-ring (bicyclic) bond motifs is 1. The van der Waals surface area contributed by atoms with E-state index in [1.165, 1.54) is 10.3 Å². The minimum atomic E-state index is -0.154. The summed E-state index contributed by atoms with van der Waals surface area (Å²) in [5, 5.41) is 4.18. The van der Waals surface area contributed by atoms with Crippen LogP contribution in [0, 0.1) is 12.8 Å². The maximum atomic E-state index is 12.3. The Balaban J connectivity index is 1.65. The number of anilines is 1. The summed E-state index contributed by atoms with van der Waals surface area (Å²) in [6, 6.07) is 6.39. The predicted molar refractivity (Wildman–Crippen MR) is 97.2 cm³/mol. The number of carbonyl (C=O) groups is 1. The van der Waals surface area contributed by atoms with Crippen LogP contribution in [-0.4, -0.2) is 29.5 Å². The molecule has 1 N–H and O–H groups in total. The Morgan fingerprint density at radius 1 is 1.30 bits per heavy atom. The van der Waals surface area contributed by atoms with E-state index in [2.05, 4.69) is 35.3 Å². The van der Waals surface area contributed by atoms with E-state index >= 15 is 0 Å². The molecule has 5 heteroatoms. The molecule has 3 rings (SSSR count). The fraction of sp³-hybridized carbons (Fsp3) is 0.556. The number of thiazole rings is 1. The molecule has 124 valence electrons. The largest absolute Gasteiger partial charge is 0.351 e. The lowest BCUT2D eigenvalue weighted by Gasteiger charge is -2.32. The minimum Gasteiger partial charge on any atom is -0.351 e. The van der Waals surface area contributed by atoms with Gasteiger partial charge >= 0.3 is 0 Å². The highest BCUT2D eigenvalue weighted by atomic mass is 32.1. The molecule has 0 bridgehead atoms. The first-order valence-corrected chi connectivity index (χ1v) is 9.08. The van der Waals surface area contributed by atoms with Crippen molar-refractivity contribution in [1.82, 2.24) is 10.3 Å². The lowest BCUT2D eigenvalue weighted by Crippen LogP contribution is -2.47. The Hall–Kier alpha value is -1.62. The lowest BCUT2D eigenvalue weighted by molar-refractivity contribution is -0.127. The number of hydrogen-bond acceptors (Lipinski definition) is 4. The molecule has 0 saturated carbocycles. The zero-order valence-corrected chi connectivity index (χ0v) is 15.2. The van der Waals surface area contributed by atoms with Crippen molar-refractivity contribution in [2.24, 2.45) is 5.92 Å². The van der Waals surface area contributed by atoms with E-state index in [1.807, 2.05) is 20.8 Å². The Kier molecular flexibility index (Phi) is 4.32. The van der Waals surface area contributed by atoms with E-state index in [-0.39, 0.29) is 17.4 Å². The molecule has 1 aliphatic rings. The molecule has 1 aliphatic heterocycles. The molecule has 2 aromatic rings. The van der Waals surface area contributed by atoms with Crippen LogP contribution in [0.5, 0.6) is 0 Å². The smallest absolute Gasteiger partial charge is 0.223 e. The number of nitrogens with zero attached hydrogens (tertiary/aromatic N) is 2. The quantitative estimate of drug-likeness (QED) is 0.912. The molecule has 1 amide bonds. The first-order valence-electron chi connectivity index (χ1n) is 8.26. The van der Waals surface area contributed by atoms with E-state index in [4.69, 9.17) is 4.98 Å². The maximum absolute atomic E-state index is 12.3. The summed E-state index contributed by atoms with van der Waals surface area (Å²) >= 11 is 1.75. The van der Waals surface area contributed by atoms with Crippen LogP contribution in [0.15, 0.2) is 18.2 Å². The third-order valence-electron chi connectivity index (χ3n) is 4.17. The molecule has 0 atom stereocenters. The average Bonchev–Trinajstić information content (AvgIpc) is 2.88. The minimum absolute atomic E-state index is 0.127.